The van der Waals surface area contributed by atoms with Crippen molar-refractivity contribution >= 4 is 0 Å². The smallest absolute Gasteiger partial charge is 0.230 e. The van der Waals surface area contributed by atoms with Crippen LogP contribution in [0, 0.1) is 12.8 Å². The fourth-order valence-electron chi connectivity index (χ4n) is 1.22. The number of aliphatic hydroxyl groups is 1. The summed E-state index contributed by atoms with van der Waals surface area (Å²) in [6, 6.07) is 0. The Kier molecular flexibility index (Phi) is 1.42. The molecule has 1 heterocycles. The van der Waals surface area contributed by atoms with Crippen molar-refractivity contribution in [2.75, 3.05) is 6.61 Å². The van der Waals surface area contributed by atoms with E-state index in [2.05, 4.69) is 10.1 Å². The molecule has 1 fully saturated rings. The van der Waals surface area contributed by atoms with Crippen molar-refractivity contribution in [3.05, 3.63) is 11.7 Å². The van der Waals surface area contributed by atoms with Gasteiger partial charge in [0.15, 0.2) is 5.82 Å². The molecule has 0 aliphatic heterocycles. The number of hydrogen-bond acceptors (Lipinski definition) is 4. The van der Waals surface area contributed by atoms with Crippen LogP contribution in [0.5, 0.6) is 0 Å². The fraction of sp³-hybridized carbons (Fsp3) is 0.714. The van der Waals surface area contributed by atoms with E-state index in [1.165, 1.54) is 0 Å². The molecular formula is C7H10N2O2. The van der Waals surface area contributed by atoms with Crippen molar-refractivity contribution in [2.24, 2.45) is 5.92 Å². The second kappa shape index (κ2) is 2.30. The Hall–Kier alpha value is -0.900. The van der Waals surface area contributed by atoms with E-state index in [1.807, 2.05) is 0 Å². The van der Waals surface area contributed by atoms with Crippen molar-refractivity contribution in [2.45, 2.75) is 19.3 Å². The Morgan fingerprint density at radius 2 is 2.55 bits per heavy atom. The van der Waals surface area contributed by atoms with Gasteiger partial charge in [0.25, 0.3) is 0 Å². The van der Waals surface area contributed by atoms with E-state index >= 15 is 0 Å². The molecule has 1 aromatic heterocycles. The zero-order valence-electron chi connectivity index (χ0n) is 6.32. The summed E-state index contributed by atoms with van der Waals surface area (Å²) in [6.07, 6.45) is 0.984. The normalized spacial score (nSPS) is 28.9. The molecule has 0 saturated heterocycles. The minimum atomic E-state index is 0.228. The molecule has 60 valence electrons. The van der Waals surface area contributed by atoms with Gasteiger partial charge < -0.3 is 9.63 Å². The highest BCUT2D eigenvalue weighted by molar-refractivity contribution is 5.06. The first kappa shape index (κ1) is 6.79. The second-order valence-electron chi connectivity index (χ2n) is 2.96. The highest BCUT2D eigenvalue weighted by atomic mass is 16.5. The van der Waals surface area contributed by atoms with Crippen molar-refractivity contribution in [3.63, 3.8) is 0 Å². The van der Waals surface area contributed by atoms with Crippen LogP contribution in [0.1, 0.15) is 24.1 Å². The van der Waals surface area contributed by atoms with E-state index in [0.29, 0.717) is 23.6 Å². The summed E-state index contributed by atoms with van der Waals surface area (Å²) in [4.78, 5) is 4.08. The Morgan fingerprint density at radius 1 is 1.73 bits per heavy atom. The van der Waals surface area contributed by atoms with Gasteiger partial charge in [0, 0.05) is 12.5 Å². The van der Waals surface area contributed by atoms with Gasteiger partial charge in [-0.3, -0.25) is 0 Å². The summed E-state index contributed by atoms with van der Waals surface area (Å²) in [5, 5.41) is 12.4. The molecule has 0 radical (unpaired) electrons. The van der Waals surface area contributed by atoms with Gasteiger partial charge in [-0.2, -0.15) is 4.98 Å². The maximum Gasteiger partial charge on any atom is 0.230 e. The van der Waals surface area contributed by atoms with Crippen LogP contribution in [0.4, 0.5) is 0 Å². The summed E-state index contributed by atoms with van der Waals surface area (Å²) in [6.45, 7) is 2.02. The lowest BCUT2D eigenvalue weighted by Crippen LogP contribution is -1.88. The minimum Gasteiger partial charge on any atom is -0.396 e. The third-order valence-corrected chi connectivity index (χ3v) is 2.02. The highest BCUT2D eigenvalue weighted by Gasteiger charge is 2.41. The van der Waals surface area contributed by atoms with Gasteiger partial charge >= 0.3 is 0 Å². The largest absolute Gasteiger partial charge is 0.396 e. The Morgan fingerprint density at radius 3 is 3.00 bits per heavy atom. The van der Waals surface area contributed by atoms with Gasteiger partial charge in [-0.05, 0) is 19.3 Å². The molecule has 1 saturated carbocycles. The third kappa shape index (κ3) is 1.14. The van der Waals surface area contributed by atoms with Crippen molar-refractivity contribution < 1.29 is 9.63 Å². The van der Waals surface area contributed by atoms with Crippen LogP contribution in [0.2, 0.25) is 0 Å². The van der Waals surface area contributed by atoms with E-state index < -0.39 is 0 Å². The monoisotopic (exact) mass is 154 g/mol. The lowest BCUT2D eigenvalue weighted by atomic mass is 10.3. The molecule has 1 N–H and O–H groups in total. The Bertz CT molecular complexity index is 259. The predicted octanol–water partition coefficient (Wildman–Crippen LogP) is 0.474. The SMILES string of the molecule is Cc1noc([C@@H]2C[C@@H]2CO)n1. The first-order valence-electron chi connectivity index (χ1n) is 3.72. The molecule has 1 aliphatic carbocycles. The Balaban J connectivity index is 2.08. The van der Waals surface area contributed by atoms with Crippen LogP contribution in [0.15, 0.2) is 4.52 Å². The molecule has 11 heavy (non-hydrogen) atoms. The second-order valence-corrected chi connectivity index (χ2v) is 2.96. The zero-order chi connectivity index (χ0) is 7.84. The standard InChI is InChI=1S/C7H10N2O2/c1-4-8-7(11-9-4)6-2-5(6)3-10/h5-6,10H,2-3H2,1H3/t5-,6-/m1/s1. The fourth-order valence-corrected chi connectivity index (χ4v) is 1.22. The van der Waals surface area contributed by atoms with Crippen LogP contribution >= 0.6 is 0 Å². The summed E-state index contributed by atoms with van der Waals surface area (Å²) in [5.41, 5.74) is 0. The molecule has 0 unspecified atom stereocenters. The van der Waals surface area contributed by atoms with Crippen LogP contribution in [-0.4, -0.2) is 21.9 Å². The molecule has 2 rings (SSSR count). The van der Waals surface area contributed by atoms with Crippen molar-refractivity contribution in [1.82, 2.24) is 10.1 Å². The van der Waals surface area contributed by atoms with Gasteiger partial charge in [-0.15, -0.1) is 0 Å². The summed E-state index contributed by atoms with van der Waals surface area (Å²) in [5.74, 6) is 2.03. The quantitative estimate of drug-likeness (QED) is 0.672. The van der Waals surface area contributed by atoms with Crippen LogP contribution in [-0.2, 0) is 0 Å². The molecule has 0 aromatic carbocycles. The van der Waals surface area contributed by atoms with Crippen LogP contribution in [0.3, 0.4) is 0 Å². The molecule has 0 spiro atoms. The van der Waals surface area contributed by atoms with Crippen LogP contribution < -0.4 is 0 Å². The van der Waals surface area contributed by atoms with E-state index in [-0.39, 0.29) is 6.61 Å². The lowest BCUT2D eigenvalue weighted by molar-refractivity contribution is 0.268. The third-order valence-electron chi connectivity index (χ3n) is 2.02. The molecule has 4 heteroatoms. The summed E-state index contributed by atoms with van der Waals surface area (Å²) < 4.78 is 4.95. The maximum absolute atomic E-state index is 8.75. The Labute approximate surface area is 64.2 Å². The maximum atomic E-state index is 8.75. The molecule has 1 aliphatic rings. The lowest BCUT2D eigenvalue weighted by Gasteiger charge is -1.86. The summed E-state index contributed by atoms with van der Waals surface area (Å²) in [7, 11) is 0. The number of nitrogens with zero attached hydrogens (tertiary/aromatic N) is 2. The van der Waals surface area contributed by atoms with Gasteiger partial charge in [-0.1, -0.05) is 5.16 Å². The number of rotatable bonds is 2. The minimum absolute atomic E-state index is 0.228. The number of aromatic nitrogens is 2. The van der Waals surface area contributed by atoms with Gasteiger partial charge in [-0.25, -0.2) is 0 Å². The van der Waals surface area contributed by atoms with Crippen molar-refractivity contribution in [3.8, 4) is 0 Å². The first-order valence-corrected chi connectivity index (χ1v) is 3.72. The zero-order valence-corrected chi connectivity index (χ0v) is 6.32. The average molecular weight is 154 g/mol. The molecule has 0 bridgehead atoms. The van der Waals surface area contributed by atoms with Gasteiger partial charge in [0.1, 0.15) is 0 Å². The van der Waals surface area contributed by atoms with Gasteiger partial charge in [0.2, 0.25) is 5.89 Å². The highest BCUT2D eigenvalue weighted by Crippen LogP contribution is 2.45. The molecule has 0 amide bonds. The topological polar surface area (TPSA) is 59.2 Å². The molecular weight excluding hydrogens is 144 g/mol. The predicted molar refractivity (Wildman–Crippen MR) is 37.0 cm³/mol. The molecule has 2 atom stereocenters. The van der Waals surface area contributed by atoms with E-state index in [4.69, 9.17) is 9.63 Å². The van der Waals surface area contributed by atoms with E-state index in [0.717, 1.165) is 6.42 Å². The number of aryl methyl sites for hydroxylation is 1. The number of aliphatic hydroxyl groups excluding tert-OH is 1. The average Bonchev–Trinajstić information content (AvgIpc) is 2.68. The number of hydrogen-bond donors (Lipinski definition) is 1. The van der Waals surface area contributed by atoms with E-state index in [1.54, 1.807) is 6.92 Å². The summed E-state index contributed by atoms with van der Waals surface area (Å²) >= 11 is 0. The first-order chi connectivity index (χ1) is 5.31. The van der Waals surface area contributed by atoms with Crippen LogP contribution in [0.25, 0.3) is 0 Å². The molecule has 4 nitrogen and oxygen atoms in total. The van der Waals surface area contributed by atoms with E-state index in [9.17, 15) is 0 Å². The van der Waals surface area contributed by atoms with Gasteiger partial charge in [0.05, 0.1) is 0 Å². The molecule has 1 aromatic rings. The van der Waals surface area contributed by atoms with Crippen molar-refractivity contribution in [1.29, 1.82) is 0 Å².